The maximum atomic E-state index is 14.2. The fourth-order valence-electron chi connectivity index (χ4n) is 3.50. The molecule has 2 atom stereocenters. The Balaban J connectivity index is 1.90. The molecule has 1 aromatic rings. The van der Waals surface area contributed by atoms with Crippen molar-refractivity contribution in [1.29, 1.82) is 0 Å². The largest absolute Gasteiger partial charge is 0.453 e. The minimum atomic E-state index is -0.977. The summed E-state index contributed by atoms with van der Waals surface area (Å²) in [6, 6.07) is 2.50. The van der Waals surface area contributed by atoms with E-state index in [1.807, 2.05) is 0 Å². The van der Waals surface area contributed by atoms with Crippen molar-refractivity contribution in [1.82, 2.24) is 4.90 Å². The van der Waals surface area contributed by atoms with Crippen LogP contribution >= 0.6 is 0 Å². The fourth-order valence-corrected chi connectivity index (χ4v) is 3.50. The lowest BCUT2D eigenvalue weighted by Crippen LogP contribution is -2.51. The van der Waals surface area contributed by atoms with Crippen LogP contribution < -0.4 is 9.47 Å². The summed E-state index contributed by atoms with van der Waals surface area (Å²) in [7, 11) is 0. The molecule has 2 heterocycles. The van der Waals surface area contributed by atoms with Gasteiger partial charge in [-0.1, -0.05) is 0 Å². The van der Waals surface area contributed by atoms with Crippen LogP contribution in [0, 0.1) is 5.82 Å². The third-order valence-electron chi connectivity index (χ3n) is 4.48. The Morgan fingerprint density at radius 2 is 2.07 bits per heavy atom. The zero-order valence-electron chi connectivity index (χ0n) is 16.2. The van der Waals surface area contributed by atoms with Crippen LogP contribution in [0.5, 0.6) is 11.5 Å². The van der Waals surface area contributed by atoms with E-state index in [4.69, 9.17) is 18.9 Å². The first kappa shape index (κ1) is 19.7. The van der Waals surface area contributed by atoms with Gasteiger partial charge in [-0.25, -0.2) is 9.18 Å². The number of aliphatic hydroxyl groups excluding tert-OH is 1. The summed E-state index contributed by atoms with van der Waals surface area (Å²) < 4.78 is 36.0. The average Bonchev–Trinajstić information content (AvgIpc) is 3.07. The third kappa shape index (κ3) is 3.96. The number of nitrogens with zero attached hydrogens (tertiary/aromatic N) is 1. The van der Waals surface area contributed by atoms with Gasteiger partial charge in [0.25, 0.3) is 0 Å². The number of carbonyl (C=O) groups excluding carboxylic acids is 1. The van der Waals surface area contributed by atoms with Crippen molar-refractivity contribution in [2.24, 2.45) is 0 Å². The summed E-state index contributed by atoms with van der Waals surface area (Å²) in [5.74, 6) is -0.112. The van der Waals surface area contributed by atoms with Gasteiger partial charge in [0.05, 0.1) is 12.6 Å². The predicted molar refractivity (Wildman–Crippen MR) is 94.1 cm³/mol. The van der Waals surface area contributed by atoms with Crippen LogP contribution in [0.4, 0.5) is 9.18 Å². The second-order valence-corrected chi connectivity index (χ2v) is 8.22. The first-order valence-electron chi connectivity index (χ1n) is 8.91. The van der Waals surface area contributed by atoms with E-state index >= 15 is 0 Å². The van der Waals surface area contributed by atoms with Crippen molar-refractivity contribution >= 4 is 6.09 Å². The molecule has 0 spiro atoms. The van der Waals surface area contributed by atoms with E-state index in [9.17, 15) is 14.3 Å². The van der Waals surface area contributed by atoms with Gasteiger partial charge in [-0.2, -0.15) is 0 Å². The molecule has 0 aromatic heterocycles. The highest BCUT2D eigenvalue weighted by atomic mass is 19.1. The molecule has 0 bridgehead atoms. The topological polar surface area (TPSA) is 77.5 Å². The summed E-state index contributed by atoms with van der Waals surface area (Å²) in [4.78, 5) is 14.3. The maximum Gasteiger partial charge on any atom is 0.412 e. The number of amides is 1. The van der Waals surface area contributed by atoms with Crippen molar-refractivity contribution in [3.63, 3.8) is 0 Å². The molecule has 150 valence electrons. The molecule has 27 heavy (non-hydrogen) atoms. The molecule has 2 aliphatic rings. The number of ether oxygens (including phenoxy) is 4. The zero-order chi connectivity index (χ0) is 20.0. The van der Waals surface area contributed by atoms with Gasteiger partial charge in [-0.05, 0) is 58.7 Å². The Kier molecular flexibility index (Phi) is 4.98. The SMILES string of the molecule is CC(C)(C)OC(=O)N1[C@@H](Cc2cc(F)c3c(c2)OCO3)[C@@H](CO)OC1(C)C. The number of hydrogen-bond acceptors (Lipinski definition) is 6. The van der Waals surface area contributed by atoms with Crippen LogP contribution in [0.15, 0.2) is 12.1 Å². The number of halogens is 1. The number of hydrogen-bond donors (Lipinski definition) is 1. The molecular weight excluding hydrogens is 357 g/mol. The Labute approximate surface area is 157 Å². The van der Waals surface area contributed by atoms with Crippen LogP contribution in [0.3, 0.4) is 0 Å². The molecule has 2 aliphatic heterocycles. The van der Waals surface area contributed by atoms with E-state index in [0.29, 0.717) is 11.3 Å². The maximum absolute atomic E-state index is 14.2. The average molecular weight is 383 g/mol. The molecule has 1 N–H and O–H groups in total. The second-order valence-electron chi connectivity index (χ2n) is 8.22. The normalized spacial score (nSPS) is 23.6. The Morgan fingerprint density at radius 3 is 2.70 bits per heavy atom. The predicted octanol–water partition coefficient (Wildman–Crippen LogP) is 2.83. The number of aliphatic hydroxyl groups is 1. The molecule has 0 unspecified atom stereocenters. The van der Waals surface area contributed by atoms with Gasteiger partial charge in [-0.3, -0.25) is 4.90 Å². The minimum absolute atomic E-state index is 0.0292. The molecule has 1 amide bonds. The number of carbonyl (C=O) groups is 1. The lowest BCUT2D eigenvalue weighted by atomic mass is 10.00. The smallest absolute Gasteiger partial charge is 0.412 e. The van der Waals surface area contributed by atoms with E-state index in [1.54, 1.807) is 40.7 Å². The molecule has 0 radical (unpaired) electrons. The summed E-state index contributed by atoms with van der Waals surface area (Å²) >= 11 is 0. The molecule has 1 saturated heterocycles. The Bertz CT molecular complexity index is 730. The first-order valence-corrected chi connectivity index (χ1v) is 8.91. The van der Waals surface area contributed by atoms with Gasteiger partial charge in [0, 0.05) is 0 Å². The van der Waals surface area contributed by atoms with Crippen LogP contribution in [-0.2, 0) is 15.9 Å². The van der Waals surface area contributed by atoms with Gasteiger partial charge in [0.2, 0.25) is 12.5 Å². The first-order chi connectivity index (χ1) is 12.5. The molecular formula is C19H26FNO6. The molecule has 1 aromatic carbocycles. The van der Waals surface area contributed by atoms with Crippen molar-refractivity contribution in [2.45, 2.75) is 64.5 Å². The number of fused-ring (bicyclic) bond motifs is 1. The van der Waals surface area contributed by atoms with Gasteiger partial charge >= 0.3 is 6.09 Å². The Hall–Kier alpha value is -2.06. The standard InChI is InChI=1S/C19H26FNO6/c1-18(2,3)27-17(23)21-13(15(9-22)26-19(21,4)5)7-11-6-12(20)16-14(8-11)24-10-25-16/h6,8,13,15,22H,7,9-10H2,1-5H3/t13-,15+/m0/s1. The van der Waals surface area contributed by atoms with Crippen molar-refractivity contribution < 1.29 is 33.2 Å². The second kappa shape index (κ2) is 6.83. The fraction of sp³-hybridized carbons (Fsp3) is 0.632. The van der Waals surface area contributed by atoms with Crippen molar-refractivity contribution in [3.8, 4) is 11.5 Å². The van der Waals surface area contributed by atoms with Crippen LogP contribution in [0.2, 0.25) is 0 Å². The van der Waals surface area contributed by atoms with Crippen LogP contribution in [-0.4, -0.2) is 53.0 Å². The van der Waals surface area contributed by atoms with E-state index in [1.165, 1.54) is 11.0 Å². The highest BCUT2D eigenvalue weighted by molar-refractivity contribution is 5.70. The van der Waals surface area contributed by atoms with E-state index in [-0.39, 0.29) is 25.6 Å². The lowest BCUT2D eigenvalue weighted by molar-refractivity contribution is -0.0866. The summed E-state index contributed by atoms with van der Waals surface area (Å²) in [6.45, 7) is 8.50. The molecule has 1 fully saturated rings. The monoisotopic (exact) mass is 383 g/mol. The summed E-state index contributed by atoms with van der Waals surface area (Å²) in [6.07, 6.45) is -0.905. The van der Waals surface area contributed by atoms with Crippen LogP contribution in [0.25, 0.3) is 0 Å². The van der Waals surface area contributed by atoms with Gasteiger partial charge < -0.3 is 24.1 Å². The summed E-state index contributed by atoms with van der Waals surface area (Å²) in [5, 5.41) is 9.77. The quantitative estimate of drug-likeness (QED) is 0.865. The molecule has 0 saturated carbocycles. The lowest BCUT2D eigenvalue weighted by Gasteiger charge is -2.35. The van der Waals surface area contributed by atoms with Gasteiger partial charge in [0.15, 0.2) is 11.6 Å². The van der Waals surface area contributed by atoms with E-state index < -0.39 is 35.4 Å². The van der Waals surface area contributed by atoms with Crippen LogP contribution in [0.1, 0.15) is 40.2 Å². The summed E-state index contributed by atoms with van der Waals surface area (Å²) in [5.41, 5.74) is -1.05. The van der Waals surface area contributed by atoms with Crippen molar-refractivity contribution in [3.05, 3.63) is 23.5 Å². The zero-order valence-corrected chi connectivity index (χ0v) is 16.2. The highest BCUT2D eigenvalue weighted by Crippen LogP contribution is 2.39. The number of benzene rings is 1. The number of rotatable bonds is 3. The molecule has 0 aliphatic carbocycles. The van der Waals surface area contributed by atoms with E-state index in [2.05, 4.69) is 0 Å². The molecule has 3 rings (SSSR count). The highest BCUT2D eigenvalue weighted by Gasteiger charge is 2.51. The van der Waals surface area contributed by atoms with Gasteiger partial charge in [0.1, 0.15) is 17.4 Å². The minimum Gasteiger partial charge on any atom is -0.453 e. The Morgan fingerprint density at radius 1 is 1.37 bits per heavy atom. The van der Waals surface area contributed by atoms with E-state index in [0.717, 1.165) is 0 Å². The molecule has 8 heteroatoms. The van der Waals surface area contributed by atoms with Crippen molar-refractivity contribution in [2.75, 3.05) is 13.4 Å². The third-order valence-corrected chi connectivity index (χ3v) is 4.48. The van der Waals surface area contributed by atoms with Gasteiger partial charge in [-0.15, -0.1) is 0 Å². The molecule has 7 nitrogen and oxygen atoms in total.